The first-order valence-electron chi connectivity index (χ1n) is 8.29. The second-order valence-electron chi connectivity index (χ2n) is 6.37. The molecular formula is C16H26N4O. The Morgan fingerprint density at radius 1 is 1.19 bits per heavy atom. The van der Waals surface area contributed by atoms with Crippen molar-refractivity contribution >= 4 is 11.6 Å². The number of nitrogens with one attached hydrogen (secondary N) is 1. The summed E-state index contributed by atoms with van der Waals surface area (Å²) in [6, 6.07) is 2.12. The first kappa shape index (κ1) is 14.6. The zero-order valence-corrected chi connectivity index (χ0v) is 12.7. The number of aromatic nitrogens is 2. The molecule has 0 radical (unpaired) electrons. The second-order valence-corrected chi connectivity index (χ2v) is 6.37. The van der Waals surface area contributed by atoms with Crippen LogP contribution in [0.2, 0.25) is 0 Å². The Hall–Kier alpha value is -1.36. The number of hydrogen-bond donors (Lipinski definition) is 2. The smallest absolute Gasteiger partial charge is 0.134 e. The summed E-state index contributed by atoms with van der Waals surface area (Å²) in [5, 5.41) is 13.0. The fraction of sp³-hybridized carbons (Fsp3) is 0.750. The molecule has 116 valence electrons. The average molecular weight is 290 g/mol. The maximum atomic E-state index is 9.61. The molecule has 21 heavy (non-hydrogen) atoms. The Kier molecular flexibility index (Phi) is 4.91. The third-order valence-electron chi connectivity index (χ3n) is 4.75. The third-order valence-corrected chi connectivity index (χ3v) is 4.75. The van der Waals surface area contributed by atoms with E-state index < -0.39 is 0 Å². The van der Waals surface area contributed by atoms with Crippen LogP contribution in [-0.4, -0.2) is 40.8 Å². The van der Waals surface area contributed by atoms with Gasteiger partial charge in [-0.1, -0.05) is 25.7 Å². The van der Waals surface area contributed by atoms with Crippen molar-refractivity contribution in [2.75, 3.05) is 29.9 Å². The lowest BCUT2D eigenvalue weighted by Crippen LogP contribution is -2.27. The van der Waals surface area contributed by atoms with E-state index in [1.165, 1.54) is 38.5 Å². The Morgan fingerprint density at radius 3 is 2.67 bits per heavy atom. The molecule has 2 aliphatic rings. The van der Waals surface area contributed by atoms with Crippen molar-refractivity contribution in [3.63, 3.8) is 0 Å². The molecule has 1 aliphatic carbocycles. The van der Waals surface area contributed by atoms with Crippen molar-refractivity contribution in [1.82, 2.24) is 9.97 Å². The number of anilines is 2. The molecule has 2 fully saturated rings. The molecule has 2 heterocycles. The minimum Gasteiger partial charge on any atom is -0.394 e. The number of hydrogen-bond acceptors (Lipinski definition) is 5. The molecule has 1 aliphatic heterocycles. The molecule has 1 atom stereocenters. The van der Waals surface area contributed by atoms with Gasteiger partial charge in [0.05, 0.1) is 12.6 Å². The van der Waals surface area contributed by atoms with Crippen LogP contribution in [0.4, 0.5) is 11.6 Å². The Bertz CT molecular complexity index is 442. The van der Waals surface area contributed by atoms with Crippen molar-refractivity contribution in [2.24, 2.45) is 5.92 Å². The minimum absolute atomic E-state index is 0.106. The predicted octanol–water partition coefficient (Wildman–Crippen LogP) is 2.43. The highest BCUT2D eigenvalue weighted by Crippen LogP contribution is 2.29. The van der Waals surface area contributed by atoms with Crippen molar-refractivity contribution in [3.05, 3.63) is 12.4 Å². The van der Waals surface area contributed by atoms with Gasteiger partial charge < -0.3 is 15.3 Å². The van der Waals surface area contributed by atoms with Gasteiger partial charge in [0.2, 0.25) is 0 Å². The molecule has 3 rings (SSSR count). The number of aliphatic hydroxyl groups excluding tert-OH is 1. The van der Waals surface area contributed by atoms with Crippen LogP contribution < -0.4 is 10.2 Å². The molecule has 1 aromatic rings. The quantitative estimate of drug-likeness (QED) is 0.842. The van der Waals surface area contributed by atoms with Gasteiger partial charge in [-0.15, -0.1) is 0 Å². The number of rotatable bonds is 6. The van der Waals surface area contributed by atoms with Gasteiger partial charge in [-0.2, -0.15) is 0 Å². The Morgan fingerprint density at radius 2 is 1.95 bits per heavy atom. The van der Waals surface area contributed by atoms with E-state index in [0.29, 0.717) is 0 Å². The van der Waals surface area contributed by atoms with E-state index in [2.05, 4.69) is 20.2 Å². The lowest BCUT2D eigenvalue weighted by Gasteiger charge is -2.21. The summed E-state index contributed by atoms with van der Waals surface area (Å²) in [4.78, 5) is 11.0. The van der Waals surface area contributed by atoms with Gasteiger partial charge >= 0.3 is 0 Å². The summed E-state index contributed by atoms with van der Waals surface area (Å²) in [6.07, 6.45) is 10.5. The zero-order chi connectivity index (χ0) is 14.5. The van der Waals surface area contributed by atoms with E-state index in [-0.39, 0.29) is 12.6 Å². The van der Waals surface area contributed by atoms with E-state index in [1.807, 2.05) is 6.07 Å². The number of nitrogens with zero attached hydrogens (tertiary/aromatic N) is 3. The van der Waals surface area contributed by atoms with Gasteiger partial charge in [-0.3, -0.25) is 0 Å². The third kappa shape index (κ3) is 3.84. The van der Waals surface area contributed by atoms with Crippen molar-refractivity contribution in [2.45, 2.75) is 51.0 Å². The van der Waals surface area contributed by atoms with Crippen molar-refractivity contribution in [1.29, 1.82) is 0 Å². The summed E-state index contributed by atoms with van der Waals surface area (Å²) < 4.78 is 0. The maximum absolute atomic E-state index is 9.61. The summed E-state index contributed by atoms with van der Waals surface area (Å²) in [7, 11) is 0. The van der Waals surface area contributed by atoms with Gasteiger partial charge in [-0.25, -0.2) is 9.97 Å². The SMILES string of the molecule is OCC(CC1CCCC1)Nc1cc(N2CCCC2)ncn1. The van der Waals surface area contributed by atoms with Crippen LogP contribution in [0.1, 0.15) is 44.9 Å². The van der Waals surface area contributed by atoms with Gasteiger partial charge in [0.15, 0.2) is 0 Å². The van der Waals surface area contributed by atoms with Gasteiger partial charge in [0.25, 0.3) is 0 Å². The summed E-state index contributed by atoms with van der Waals surface area (Å²) in [5.41, 5.74) is 0. The molecule has 0 amide bonds. The lowest BCUT2D eigenvalue weighted by atomic mass is 9.99. The second kappa shape index (κ2) is 7.07. The van der Waals surface area contributed by atoms with Crippen LogP contribution in [0.25, 0.3) is 0 Å². The van der Waals surface area contributed by atoms with Crippen LogP contribution >= 0.6 is 0 Å². The Labute approximate surface area is 126 Å². The van der Waals surface area contributed by atoms with Crippen LogP contribution in [0.3, 0.4) is 0 Å². The van der Waals surface area contributed by atoms with Crippen LogP contribution in [-0.2, 0) is 0 Å². The highest BCUT2D eigenvalue weighted by Gasteiger charge is 2.20. The van der Waals surface area contributed by atoms with Crippen LogP contribution in [0.15, 0.2) is 12.4 Å². The van der Waals surface area contributed by atoms with E-state index in [9.17, 15) is 5.11 Å². The molecule has 1 aromatic heterocycles. The first-order valence-corrected chi connectivity index (χ1v) is 8.29. The molecule has 2 N–H and O–H groups in total. The fourth-order valence-electron chi connectivity index (χ4n) is 3.58. The van der Waals surface area contributed by atoms with E-state index in [0.717, 1.165) is 37.1 Å². The molecule has 0 bridgehead atoms. The summed E-state index contributed by atoms with van der Waals surface area (Å²) >= 11 is 0. The van der Waals surface area contributed by atoms with Gasteiger partial charge in [-0.05, 0) is 25.2 Å². The monoisotopic (exact) mass is 290 g/mol. The largest absolute Gasteiger partial charge is 0.394 e. The van der Waals surface area contributed by atoms with Crippen molar-refractivity contribution < 1.29 is 5.11 Å². The van der Waals surface area contributed by atoms with Crippen LogP contribution in [0.5, 0.6) is 0 Å². The Balaban J connectivity index is 1.60. The van der Waals surface area contributed by atoms with E-state index in [1.54, 1.807) is 6.33 Å². The fourth-order valence-corrected chi connectivity index (χ4v) is 3.58. The predicted molar refractivity (Wildman–Crippen MR) is 84.6 cm³/mol. The highest BCUT2D eigenvalue weighted by atomic mass is 16.3. The number of aliphatic hydroxyl groups is 1. The molecule has 0 spiro atoms. The summed E-state index contributed by atoms with van der Waals surface area (Å²) in [5.74, 6) is 2.60. The van der Waals surface area contributed by atoms with E-state index >= 15 is 0 Å². The molecule has 5 nitrogen and oxygen atoms in total. The van der Waals surface area contributed by atoms with Crippen LogP contribution in [0, 0.1) is 5.92 Å². The van der Waals surface area contributed by atoms with Crippen molar-refractivity contribution in [3.8, 4) is 0 Å². The van der Waals surface area contributed by atoms with Gasteiger partial charge in [0, 0.05) is 19.2 Å². The molecule has 0 aromatic carbocycles. The summed E-state index contributed by atoms with van der Waals surface area (Å²) in [6.45, 7) is 2.34. The molecule has 1 saturated heterocycles. The first-order chi connectivity index (χ1) is 10.3. The topological polar surface area (TPSA) is 61.3 Å². The molecule has 1 unspecified atom stereocenters. The molecular weight excluding hydrogens is 264 g/mol. The lowest BCUT2D eigenvalue weighted by molar-refractivity contribution is 0.254. The highest BCUT2D eigenvalue weighted by molar-refractivity contribution is 5.49. The normalized spacial score (nSPS) is 20.9. The molecule has 5 heteroatoms. The van der Waals surface area contributed by atoms with Gasteiger partial charge in [0.1, 0.15) is 18.0 Å². The zero-order valence-electron chi connectivity index (χ0n) is 12.7. The standard InChI is InChI=1S/C16H26N4O/c21-11-14(9-13-5-1-2-6-13)19-15-10-16(18-12-17-15)20-7-3-4-8-20/h10,12-14,21H,1-9,11H2,(H,17,18,19). The average Bonchev–Trinajstić information content (AvgIpc) is 3.20. The van der Waals surface area contributed by atoms with E-state index in [4.69, 9.17) is 0 Å². The minimum atomic E-state index is 0.106. The maximum Gasteiger partial charge on any atom is 0.134 e. The molecule has 1 saturated carbocycles.